The van der Waals surface area contributed by atoms with Gasteiger partial charge in [-0.15, -0.1) is 5.10 Å². The predicted octanol–water partition coefficient (Wildman–Crippen LogP) is 4.42. The number of tetrazole rings is 1. The Morgan fingerprint density at radius 3 is 2.33 bits per heavy atom. The lowest BCUT2D eigenvalue weighted by molar-refractivity contribution is 0.532. The summed E-state index contributed by atoms with van der Waals surface area (Å²) < 4.78 is 2.05. The second-order valence-corrected chi connectivity index (χ2v) is 8.50. The number of nitrogens with one attached hydrogen (secondary N) is 1. The molecule has 154 valence electrons. The summed E-state index contributed by atoms with van der Waals surface area (Å²) in [5.74, 6) is 2.61. The summed E-state index contributed by atoms with van der Waals surface area (Å²) in [4.78, 5) is 4.80. The molecule has 1 N–H and O–H groups in total. The highest BCUT2D eigenvalue weighted by Gasteiger charge is 2.21. The van der Waals surface area contributed by atoms with E-state index in [2.05, 4.69) is 78.7 Å². The fourth-order valence-corrected chi connectivity index (χ4v) is 3.40. The van der Waals surface area contributed by atoms with Crippen LogP contribution in [-0.2, 0) is 18.4 Å². The predicted molar refractivity (Wildman–Crippen MR) is 117 cm³/mol. The number of hydrogen-bond acceptors (Lipinski definition) is 5. The molecule has 4 aromatic rings. The first-order chi connectivity index (χ1) is 14.5. The molecule has 0 radical (unpaired) electrons. The first-order valence-electron chi connectivity index (χ1n) is 10.3. The van der Waals surface area contributed by atoms with Gasteiger partial charge < -0.3 is 0 Å². The van der Waals surface area contributed by atoms with Crippen LogP contribution in [0, 0.1) is 0 Å². The van der Waals surface area contributed by atoms with Crippen molar-refractivity contribution in [3.05, 3.63) is 65.7 Å². The van der Waals surface area contributed by atoms with Crippen LogP contribution in [-0.4, -0.2) is 35.4 Å². The number of aromatic nitrogens is 7. The zero-order chi connectivity index (χ0) is 21.1. The van der Waals surface area contributed by atoms with E-state index < -0.39 is 0 Å². The van der Waals surface area contributed by atoms with Gasteiger partial charge >= 0.3 is 0 Å². The molecule has 0 spiro atoms. The van der Waals surface area contributed by atoms with Gasteiger partial charge in [0.05, 0.1) is 6.54 Å². The van der Waals surface area contributed by atoms with Crippen molar-refractivity contribution < 1.29 is 0 Å². The molecule has 2 aromatic carbocycles. The SMILES string of the molecule is CCCc1nc(C(C)(C)C)nn1Cc1ccc(-c2ccccc2-c2nnn[nH]2)cc1. The van der Waals surface area contributed by atoms with Crippen LogP contribution in [0.4, 0.5) is 0 Å². The third-order valence-electron chi connectivity index (χ3n) is 5.02. The second-order valence-electron chi connectivity index (χ2n) is 8.50. The maximum absolute atomic E-state index is 4.80. The van der Waals surface area contributed by atoms with Crippen molar-refractivity contribution in [3.63, 3.8) is 0 Å². The zero-order valence-electron chi connectivity index (χ0n) is 17.9. The summed E-state index contributed by atoms with van der Waals surface area (Å²) in [6, 6.07) is 16.7. The molecule has 0 bridgehead atoms. The van der Waals surface area contributed by atoms with Crippen molar-refractivity contribution >= 4 is 0 Å². The van der Waals surface area contributed by atoms with Crippen LogP contribution in [0.3, 0.4) is 0 Å². The number of benzene rings is 2. The Kier molecular flexibility index (Phi) is 5.44. The van der Waals surface area contributed by atoms with E-state index in [9.17, 15) is 0 Å². The summed E-state index contributed by atoms with van der Waals surface area (Å²) in [7, 11) is 0. The summed E-state index contributed by atoms with van der Waals surface area (Å²) in [6.45, 7) is 9.34. The van der Waals surface area contributed by atoms with E-state index in [1.54, 1.807) is 0 Å². The maximum Gasteiger partial charge on any atom is 0.180 e. The molecule has 7 heteroatoms. The quantitative estimate of drug-likeness (QED) is 0.517. The fraction of sp³-hybridized carbons (Fsp3) is 0.348. The van der Waals surface area contributed by atoms with Gasteiger partial charge in [0.1, 0.15) is 5.82 Å². The molecule has 0 fully saturated rings. The lowest BCUT2D eigenvalue weighted by atomic mass is 9.96. The summed E-state index contributed by atoms with van der Waals surface area (Å²) in [5, 5.41) is 19.1. The molecule has 0 saturated heterocycles. The van der Waals surface area contributed by atoms with Crippen LogP contribution < -0.4 is 0 Å². The number of rotatable bonds is 6. The fourth-order valence-electron chi connectivity index (χ4n) is 3.40. The molecule has 0 amide bonds. The minimum atomic E-state index is -0.0587. The van der Waals surface area contributed by atoms with E-state index in [4.69, 9.17) is 10.1 Å². The van der Waals surface area contributed by atoms with Gasteiger partial charge in [0.25, 0.3) is 0 Å². The van der Waals surface area contributed by atoms with Crippen LogP contribution in [0.25, 0.3) is 22.5 Å². The molecule has 30 heavy (non-hydrogen) atoms. The van der Waals surface area contributed by atoms with E-state index in [0.29, 0.717) is 12.4 Å². The zero-order valence-corrected chi connectivity index (χ0v) is 17.9. The van der Waals surface area contributed by atoms with Gasteiger partial charge in [-0.1, -0.05) is 76.2 Å². The van der Waals surface area contributed by atoms with E-state index >= 15 is 0 Å². The second kappa shape index (κ2) is 8.18. The highest BCUT2D eigenvalue weighted by molar-refractivity contribution is 5.80. The van der Waals surface area contributed by atoms with Gasteiger partial charge in [-0.05, 0) is 33.5 Å². The molecule has 0 aliphatic rings. The lowest BCUT2D eigenvalue weighted by Crippen LogP contribution is -2.14. The Labute approximate surface area is 176 Å². The molecular formula is C23H27N7. The number of aromatic amines is 1. The van der Waals surface area contributed by atoms with Crippen LogP contribution in [0.2, 0.25) is 0 Å². The first kappa shape index (κ1) is 19.9. The van der Waals surface area contributed by atoms with Gasteiger partial charge in [-0.3, -0.25) is 0 Å². The highest BCUT2D eigenvalue weighted by Crippen LogP contribution is 2.30. The Morgan fingerprint density at radius 1 is 0.967 bits per heavy atom. The number of aryl methyl sites for hydroxylation is 1. The Morgan fingerprint density at radius 2 is 1.70 bits per heavy atom. The third kappa shape index (κ3) is 4.15. The van der Waals surface area contributed by atoms with Crippen LogP contribution >= 0.6 is 0 Å². The molecule has 2 aromatic heterocycles. The summed E-state index contributed by atoms with van der Waals surface area (Å²) in [5.41, 5.74) is 4.32. The highest BCUT2D eigenvalue weighted by atomic mass is 15.5. The average molecular weight is 402 g/mol. The molecule has 0 saturated carbocycles. The minimum Gasteiger partial charge on any atom is -0.245 e. The van der Waals surface area contributed by atoms with Gasteiger partial charge in [-0.2, -0.15) is 5.10 Å². The van der Waals surface area contributed by atoms with Crippen LogP contribution in [0.15, 0.2) is 48.5 Å². The van der Waals surface area contributed by atoms with Crippen molar-refractivity contribution in [2.24, 2.45) is 0 Å². The molecule has 0 aliphatic carbocycles. The first-order valence-corrected chi connectivity index (χ1v) is 10.3. The standard InChI is InChI=1S/C23H27N7/c1-5-8-20-24-22(23(2,3)4)27-30(20)15-16-11-13-17(14-12-16)18-9-6-7-10-19(18)21-25-28-29-26-21/h6-7,9-14H,5,8,15H2,1-4H3,(H,25,26,28,29). The summed E-state index contributed by atoms with van der Waals surface area (Å²) >= 11 is 0. The van der Waals surface area contributed by atoms with Crippen LogP contribution in [0.1, 0.15) is 51.3 Å². The van der Waals surface area contributed by atoms with E-state index in [1.165, 1.54) is 5.56 Å². The molecular weight excluding hydrogens is 374 g/mol. The van der Waals surface area contributed by atoms with Gasteiger partial charge in [0.15, 0.2) is 11.6 Å². The molecule has 7 nitrogen and oxygen atoms in total. The smallest absolute Gasteiger partial charge is 0.180 e. The monoisotopic (exact) mass is 401 g/mol. The minimum absolute atomic E-state index is 0.0587. The van der Waals surface area contributed by atoms with Crippen molar-refractivity contribution in [1.29, 1.82) is 0 Å². The van der Waals surface area contributed by atoms with Crippen molar-refractivity contribution in [2.45, 2.75) is 52.5 Å². The van der Waals surface area contributed by atoms with Gasteiger partial charge in [0.2, 0.25) is 0 Å². The number of nitrogens with zero attached hydrogens (tertiary/aromatic N) is 6. The van der Waals surface area contributed by atoms with E-state index in [1.807, 2.05) is 22.9 Å². The Bertz CT molecular complexity index is 1100. The topological polar surface area (TPSA) is 85.2 Å². The lowest BCUT2D eigenvalue weighted by Gasteiger charge is -2.12. The Balaban J connectivity index is 1.61. The van der Waals surface area contributed by atoms with Crippen molar-refractivity contribution in [3.8, 4) is 22.5 Å². The van der Waals surface area contributed by atoms with Crippen molar-refractivity contribution in [1.82, 2.24) is 35.4 Å². The third-order valence-corrected chi connectivity index (χ3v) is 5.02. The van der Waals surface area contributed by atoms with E-state index in [0.717, 1.165) is 41.2 Å². The molecule has 2 heterocycles. The molecule has 0 unspecified atom stereocenters. The van der Waals surface area contributed by atoms with Crippen molar-refractivity contribution in [2.75, 3.05) is 0 Å². The maximum atomic E-state index is 4.80. The van der Waals surface area contributed by atoms with Gasteiger partial charge in [-0.25, -0.2) is 14.8 Å². The van der Waals surface area contributed by atoms with Crippen LogP contribution in [0.5, 0.6) is 0 Å². The molecule has 0 atom stereocenters. The normalized spacial score (nSPS) is 11.7. The molecule has 4 rings (SSSR count). The summed E-state index contributed by atoms with van der Waals surface area (Å²) in [6.07, 6.45) is 1.98. The molecule has 0 aliphatic heterocycles. The average Bonchev–Trinajstić information content (AvgIpc) is 3.39. The Hall–Kier alpha value is -3.35. The van der Waals surface area contributed by atoms with Gasteiger partial charge in [0, 0.05) is 17.4 Å². The number of H-pyrrole nitrogens is 1. The largest absolute Gasteiger partial charge is 0.245 e. The number of hydrogen-bond donors (Lipinski definition) is 1. The van der Waals surface area contributed by atoms with E-state index in [-0.39, 0.29) is 5.41 Å².